The number of hydrogen-bond donors (Lipinski definition) is 0. The molecule has 0 N–H and O–H groups in total. The number of fused-ring (bicyclic) bond motifs is 1. The van der Waals surface area contributed by atoms with Crippen molar-refractivity contribution in [3.05, 3.63) is 46.5 Å². The minimum atomic E-state index is 0.168. The fraction of sp³-hybridized carbons (Fsp3) is 0.200. The van der Waals surface area contributed by atoms with Gasteiger partial charge in [-0.05, 0) is 24.1 Å². The van der Waals surface area contributed by atoms with Crippen LogP contribution in [0.15, 0.2) is 30.6 Å². The third-order valence-electron chi connectivity index (χ3n) is 3.16. The Balaban J connectivity index is 2.14. The van der Waals surface area contributed by atoms with Gasteiger partial charge in [-0.25, -0.2) is 9.97 Å². The molecule has 0 spiro atoms. The lowest BCUT2D eigenvalue weighted by Gasteiger charge is -2.11. The van der Waals surface area contributed by atoms with Crippen LogP contribution < -0.4 is 0 Å². The molecule has 0 aliphatic heterocycles. The van der Waals surface area contributed by atoms with Crippen molar-refractivity contribution in [2.75, 3.05) is 0 Å². The van der Waals surface area contributed by atoms with Crippen molar-refractivity contribution >= 4 is 34.2 Å². The second-order valence-corrected chi connectivity index (χ2v) is 5.67. The van der Waals surface area contributed by atoms with Gasteiger partial charge in [0.1, 0.15) is 10.3 Å². The van der Waals surface area contributed by atoms with E-state index in [0.29, 0.717) is 16.1 Å². The highest BCUT2D eigenvalue weighted by Gasteiger charge is 2.15. The Hall–Kier alpha value is -1.78. The second kappa shape index (κ2) is 5.54. The van der Waals surface area contributed by atoms with E-state index in [-0.39, 0.29) is 5.92 Å². The van der Waals surface area contributed by atoms with E-state index >= 15 is 0 Å². The molecule has 21 heavy (non-hydrogen) atoms. The number of rotatable bonds is 2. The van der Waals surface area contributed by atoms with E-state index in [4.69, 9.17) is 23.2 Å². The second-order valence-electron chi connectivity index (χ2n) is 4.96. The minimum Gasteiger partial charge on any atom is -0.253 e. The van der Waals surface area contributed by atoms with Gasteiger partial charge < -0.3 is 0 Å². The fourth-order valence-corrected chi connectivity index (χ4v) is 2.95. The van der Waals surface area contributed by atoms with Gasteiger partial charge in [-0.2, -0.15) is 0 Å². The molecule has 0 aliphatic rings. The lowest BCUT2D eigenvalue weighted by atomic mass is 10.1. The normalized spacial score (nSPS) is 11.3. The zero-order valence-corrected chi connectivity index (χ0v) is 13.0. The van der Waals surface area contributed by atoms with Crippen LogP contribution >= 0.6 is 23.2 Å². The van der Waals surface area contributed by atoms with E-state index in [0.717, 1.165) is 22.2 Å². The summed E-state index contributed by atoms with van der Waals surface area (Å²) in [6, 6.07) is 5.63. The maximum Gasteiger partial charge on any atom is 0.162 e. The van der Waals surface area contributed by atoms with Gasteiger partial charge in [0, 0.05) is 23.5 Å². The zero-order chi connectivity index (χ0) is 15.0. The van der Waals surface area contributed by atoms with Gasteiger partial charge in [-0.1, -0.05) is 37.0 Å². The van der Waals surface area contributed by atoms with Gasteiger partial charge >= 0.3 is 0 Å². The van der Waals surface area contributed by atoms with E-state index in [9.17, 15) is 0 Å². The largest absolute Gasteiger partial charge is 0.253 e. The fourth-order valence-electron chi connectivity index (χ4n) is 2.12. The van der Waals surface area contributed by atoms with Crippen molar-refractivity contribution in [1.82, 2.24) is 19.9 Å². The van der Waals surface area contributed by atoms with Gasteiger partial charge in [-0.3, -0.25) is 9.97 Å². The van der Waals surface area contributed by atoms with E-state index < -0.39 is 0 Å². The molecule has 0 atom stereocenters. The summed E-state index contributed by atoms with van der Waals surface area (Å²) in [5.74, 6) is 0.656. The Morgan fingerprint density at radius 1 is 0.905 bits per heavy atom. The Morgan fingerprint density at radius 3 is 2.14 bits per heavy atom. The summed E-state index contributed by atoms with van der Waals surface area (Å²) < 4.78 is 0. The lowest BCUT2D eigenvalue weighted by molar-refractivity contribution is 0.848. The predicted molar refractivity (Wildman–Crippen MR) is 84.7 cm³/mol. The monoisotopic (exact) mass is 318 g/mol. The molecule has 0 radical (unpaired) electrons. The molecule has 3 rings (SSSR count). The molecule has 0 saturated heterocycles. The molecule has 0 amide bonds. The Labute approximate surface area is 132 Å². The summed E-state index contributed by atoms with van der Waals surface area (Å²) >= 11 is 12.5. The molecule has 2 aromatic heterocycles. The maximum atomic E-state index is 6.23. The van der Waals surface area contributed by atoms with Crippen LogP contribution in [0.2, 0.25) is 10.3 Å². The van der Waals surface area contributed by atoms with Crippen molar-refractivity contribution < 1.29 is 0 Å². The van der Waals surface area contributed by atoms with Crippen molar-refractivity contribution in [1.29, 1.82) is 0 Å². The average Bonchev–Trinajstić information content (AvgIpc) is 2.45. The first-order valence-electron chi connectivity index (χ1n) is 6.50. The summed E-state index contributed by atoms with van der Waals surface area (Å²) in [6.07, 6.45) is 3.30. The highest BCUT2D eigenvalue weighted by molar-refractivity contribution is 6.34. The van der Waals surface area contributed by atoms with E-state index in [1.54, 1.807) is 12.4 Å². The van der Waals surface area contributed by atoms with Crippen LogP contribution in [0.1, 0.15) is 25.3 Å². The molecule has 2 heterocycles. The molecule has 3 aromatic rings. The molecule has 1 aromatic carbocycles. The molecule has 0 saturated carbocycles. The first-order valence-corrected chi connectivity index (χ1v) is 7.26. The standard InChI is InChI=1S/C15H12Cl2N4/c1-8(2)12-13(16)20-15(21-14(12)17)9-3-4-10-11(7-9)19-6-5-18-10/h3-8H,1-2H3. The number of benzene rings is 1. The molecule has 106 valence electrons. The number of halogens is 2. The molecule has 6 heteroatoms. The average molecular weight is 319 g/mol. The highest BCUT2D eigenvalue weighted by Crippen LogP contribution is 2.31. The molecule has 4 nitrogen and oxygen atoms in total. The molecular formula is C15H12Cl2N4. The number of nitrogens with zero attached hydrogens (tertiary/aromatic N) is 4. The smallest absolute Gasteiger partial charge is 0.162 e. The number of hydrogen-bond acceptors (Lipinski definition) is 4. The third-order valence-corrected chi connectivity index (χ3v) is 3.73. The topological polar surface area (TPSA) is 51.6 Å². The van der Waals surface area contributed by atoms with E-state index in [2.05, 4.69) is 19.9 Å². The van der Waals surface area contributed by atoms with Crippen LogP contribution in [0.25, 0.3) is 22.4 Å². The van der Waals surface area contributed by atoms with Crippen LogP contribution in [-0.4, -0.2) is 19.9 Å². The van der Waals surface area contributed by atoms with Gasteiger partial charge in [0.25, 0.3) is 0 Å². The molecule has 0 aliphatic carbocycles. The molecule has 0 bridgehead atoms. The van der Waals surface area contributed by atoms with Crippen molar-refractivity contribution in [2.24, 2.45) is 0 Å². The molecular weight excluding hydrogens is 307 g/mol. The summed E-state index contributed by atoms with van der Waals surface area (Å²) in [5.41, 5.74) is 3.17. The van der Waals surface area contributed by atoms with Crippen molar-refractivity contribution in [3.63, 3.8) is 0 Å². The van der Waals surface area contributed by atoms with Crippen LogP contribution in [0, 0.1) is 0 Å². The quantitative estimate of drug-likeness (QED) is 0.652. The predicted octanol–water partition coefficient (Wildman–Crippen LogP) is 4.52. The summed E-state index contributed by atoms with van der Waals surface area (Å²) in [7, 11) is 0. The van der Waals surface area contributed by atoms with Gasteiger partial charge in [0.05, 0.1) is 11.0 Å². The number of aromatic nitrogens is 4. The summed E-state index contributed by atoms with van der Waals surface area (Å²) in [5, 5.41) is 0.776. The Bertz CT molecular complexity index is 795. The van der Waals surface area contributed by atoms with Crippen LogP contribution in [-0.2, 0) is 0 Å². The molecule has 0 unspecified atom stereocenters. The maximum absolute atomic E-state index is 6.23. The van der Waals surface area contributed by atoms with Crippen molar-refractivity contribution in [3.8, 4) is 11.4 Å². The molecule has 0 fully saturated rings. The minimum absolute atomic E-state index is 0.168. The zero-order valence-electron chi connectivity index (χ0n) is 11.5. The highest BCUT2D eigenvalue weighted by atomic mass is 35.5. The van der Waals surface area contributed by atoms with E-state index in [1.807, 2.05) is 32.0 Å². The first kappa shape index (κ1) is 14.2. The lowest BCUT2D eigenvalue weighted by Crippen LogP contribution is -1.99. The third kappa shape index (κ3) is 2.69. The van der Waals surface area contributed by atoms with Crippen molar-refractivity contribution in [2.45, 2.75) is 19.8 Å². The van der Waals surface area contributed by atoms with Crippen LogP contribution in [0.4, 0.5) is 0 Å². The summed E-state index contributed by atoms with van der Waals surface area (Å²) in [4.78, 5) is 17.2. The Kier molecular flexibility index (Phi) is 3.74. The SMILES string of the molecule is CC(C)c1c(Cl)nc(-c2ccc3nccnc3c2)nc1Cl. The van der Waals surface area contributed by atoms with Gasteiger partial charge in [0.2, 0.25) is 0 Å². The van der Waals surface area contributed by atoms with E-state index in [1.165, 1.54) is 0 Å². The Morgan fingerprint density at radius 2 is 1.52 bits per heavy atom. The van der Waals surface area contributed by atoms with Crippen LogP contribution in [0.3, 0.4) is 0 Å². The summed E-state index contributed by atoms with van der Waals surface area (Å²) in [6.45, 7) is 4.00. The first-order chi connectivity index (χ1) is 10.1. The van der Waals surface area contributed by atoms with Gasteiger partial charge in [-0.15, -0.1) is 0 Å². The van der Waals surface area contributed by atoms with Gasteiger partial charge in [0.15, 0.2) is 5.82 Å². The van der Waals surface area contributed by atoms with Crippen LogP contribution in [0.5, 0.6) is 0 Å².